The van der Waals surface area contributed by atoms with Crippen molar-refractivity contribution in [3.63, 3.8) is 0 Å². The third-order valence-corrected chi connectivity index (χ3v) is 4.03. The summed E-state index contributed by atoms with van der Waals surface area (Å²) in [5.41, 5.74) is 1.07. The standard InChI is InChI=1S/C13H11Cl2NO2S/c14-11-6-12(15)8-13(7-11)16-19(17,18)9-10-4-2-1-3-5-10/h1-8,16H,9H2. The van der Waals surface area contributed by atoms with Gasteiger partial charge in [0.25, 0.3) is 0 Å². The lowest BCUT2D eigenvalue weighted by molar-refractivity contribution is 0.600. The quantitative estimate of drug-likeness (QED) is 0.929. The highest BCUT2D eigenvalue weighted by molar-refractivity contribution is 7.91. The monoisotopic (exact) mass is 315 g/mol. The van der Waals surface area contributed by atoms with Gasteiger partial charge in [0.2, 0.25) is 10.0 Å². The van der Waals surface area contributed by atoms with Crippen LogP contribution in [0.4, 0.5) is 5.69 Å². The number of halogens is 2. The molecule has 1 N–H and O–H groups in total. The summed E-state index contributed by atoms with van der Waals surface area (Å²) >= 11 is 11.6. The minimum atomic E-state index is -3.49. The number of sulfonamides is 1. The van der Waals surface area contributed by atoms with Crippen molar-refractivity contribution in [1.82, 2.24) is 0 Å². The van der Waals surface area contributed by atoms with Crippen molar-refractivity contribution in [3.8, 4) is 0 Å². The largest absolute Gasteiger partial charge is 0.283 e. The van der Waals surface area contributed by atoms with Gasteiger partial charge < -0.3 is 0 Å². The van der Waals surface area contributed by atoms with Crippen molar-refractivity contribution >= 4 is 38.9 Å². The molecule has 2 aromatic rings. The zero-order valence-electron chi connectivity index (χ0n) is 9.81. The Morgan fingerprint density at radius 1 is 0.947 bits per heavy atom. The van der Waals surface area contributed by atoms with E-state index >= 15 is 0 Å². The fourth-order valence-corrected chi connectivity index (χ4v) is 3.33. The van der Waals surface area contributed by atoms with Crippen LogP contribution in [0, 0.1) is 0 Å². The van der Waals surface area contributed by atoms with Crippen molar-refractivity contribution < 1.29 is 8.42 Å². The first-order valence-corrected chi connectivity index (χ1v) is 7.86. The van der Waals surface area contributed by atoms with E-state index < -0.39 is 10.0 Å². The maximum absolute atomic E-state index is 12.0. The van der Waals surface area contributed by atoms with Crippen LogP contribution in [-0.4, -0.2) is 8.42 Å². The summed E-state index contributed by atoms with van der Waals surface area (Å²) in [6.45, 7) is 0. The molecular weight excluding hydrogens is 305 g/mol. The minimum absolute atomic E-state index is 0.0992. The number of anilines is 1. The first-order valence-electron chi connectivity index (χ1n) is 5.45. The van der Waals surface area contributed by atoms with Gasteiger partial charge in [-0.1, -0.05) is 53.5 Å². The van der Waals surface area contributed by atoms with Gasteiger partial charge in [0, 0.05) is 10.0 Å². The first-order chi connectivity index (χ1) is 8.94. The van der Waals surface area contributed by atoms with Gasteiger partial charge in [-0.05, 0) is 23.8 Å². The number of rotatable bonds is 4. The van der Waals surface area contributed by atoms with Crippen LogP contribution in [0.1, 0.15) is 5.56 Å². The molecule has 0 bridgehead atoms. The van der Waals surface area contributed by atoms with Crippen molar-refractivity contribution in [2.45, 2.75) is 5.75 Å². The summed E-state index contributed by atoms with van der Waals surface area (Å²) in [6, 6.07) is 13.5. The maximum Gasteiger partial charge on any atom is 0.236 e. The van der Waals surface area contributed by atoms with Gasteiger partial charge in [0.15, 0.2) is 0 Å². The zero-order valence-corrected chi connectivity index (χ0v) is 12.1. The third-order valence-electron chi connectivity index (χ3n) is 2.34. The second kappa shape index (κ2) is 5.82. The smallest absolute Gasteiger partial charge is 0.236 e. The summed E-state index contributed by atoms with van der Waals surface area (Å²) in [4.78, 5) is 0. The Kier molecular flexibility index (Phi) is 4.34. The molecule has 0 atom stereocenters. The normalized spacial score (nSPS) is 11.3. The topological polar surface area (TPSA) is 46.2 Å². The second-order valence-electron chi connectivity index (χ2n) is 4.00. The Bertz CT molecular complexity index is 652. The molecule has 0 unspecified atom stereocenters. The van der Waals surface area contributed by atoms with Crippen LogP contribution in [0.25, 0.3) is 0 Å². The van der Waals surface area contributed by atoms with Crippen molar-refractivity contribution in [1.29, 1.82) is 0 Å². The Morgan fingerprint density at radius 2 is 1.53 bits per heavy atom. The molecule has 0 heterocycles. The van der Waals surface area contributed by atoms with E-state index in [9.17, 15) is 8.42 Å². The van der Waals surface area contributed by atoms with Crippen LogP contribution in [0.15, 0.2) is 48.5 Å². The molecule has 6 heteroatoms. The summed E-state index contributed by atoms with van der Waals surface area (Å²) < 4.78 is 26.4. The number of nitrogens with one attached hydrogen (secondary N) is 1. The molecule has 0 saturated carbocycles. The van der Waals surface area contributed by atoms with E-state index in [4.69, 9.17) is 23.2 Å². The fraction of sp³-hybridized carbons (Fsp3) is 0.0769. The number of hydrogen-bond acceptors (Lipinski definition) is 2. The highest BCUT2D eigenvalue weighted by Crippen LogP contribution is 2.23. The Morgan fingerprint density at radius 3 is 2.11 bits per heavy atom. The second-order valence-corrected chi connectivity index (χ2v) is 6.60. The molecule has 2 aromatic carbocycles. The number of hydrogen-bond donors (Lipinski definition) is 1. The highest BCUT2D eigenvalue weighted by Gasteiger charge is 2.12. The van der Waals surface area contributed by atoms with Gasteiger partial charge in [-0.15, -0.1) is 0 Å². The molecule has 0 aliphatic carbocycles. The molecule has 0 amide bonds. The predicted octanol–water partition coefficient (Wildman–Crippen LogP) is 3.94. The molecule has 0 aliphatic rings. The van der Waals surface area contributed by atoms with Gasteiger partial charge >= 0.3 is 0 Å². The van der Waals surface area contributed by atoms with E-state index in [2.05, 4.69) is 4.72 Å². The molecule has 0 aliphatic heterocycles. The van der Waals surface area contributed by atoms with E-state index in [0.717, 1.165) is 0 Å². The Balaban J connectivity index is 2.17. The molecule has 0 saturated heterocycles. The van der Waals surface area contributed by atoms with Gasteiger partial charge in [-0.2, -0.15) is 0 Å². The van der Waals surface area contributed by atoms with E-state index in [1.807, 2.05) is 6.07 Å². The molecule has 19 heavy (non-hydrogen) atoms. The lowest BCUT2D eigenvalue weighted by Crippen LogP contribution is -2.15. The van der Waals surface area contributed by atoms with E-state index in [-0.39, 0.29) is 5.75 Å². The Hall–Kier alpha value is -1.23. The third kappa shape index (κ3) is 4.42. The molecule has 2 rings (SSSR count). The van der Waals surface area contributed by atoms with E-state index in [1.54, 1.807) is 24.3 Å². The lowest BCUT2D eigenvalue weighted by Gasteiger charge is -2.09. The highest BCUT2D eigenvalue weighted by atomic mass is 35.5. The average Bonchev–Trinajstić information content (AvgIpc) is 2.27. The van der Waals surface area contributed by atoms with Crippen LogP contribution >= 0.6 is 23.2 Å². The SMILES string of the molecule is O=S(=O)(Cc1ccccc1)Nc1cc(Cl)cc(Cl)c1. The maximum atomic E-state index is 12.0. The van der Waals surface area contributed by atoms with Gasteiger partial charge in [-0.3, -0.25) is 4.72 Å². The zero-order chi connectivity index (χ0) is 13.9. The molecule has 3 nitrogen and oxygen atoms in total. The molecule has 0 aromatic heterocycles. The van der Waals surface area contributed by atoms with Crippen LogP contribution in [0.5, 0.6) is 0 Å². The van der Waals surface area contributed by atoms with Crippen molar-refractivity contribution in [2.24, 2.45) is 0 Å². The van der Waals surface area contributed by atoms with Crippen molar-refractivity contribution in [3.05, 3.63) is 64.1 Å². The van der Waals surface area contributed by atoms with Crippen LogP contribution in [-0.2, 0) is 15.8 Å². The summed E-state index contributed by atoms with van der Waals surface area (Å²) in [6.07, 6.45) is 0. The molecule has 0 fully saturated rings. The molecule has 0 spiro atoms. The average molecular weight is 316 g/mol. The Labute approximate surface area is 122 Å². The predicted molar refractivity (Wildman–Crippen MR) is 79.2 cm³/mol. The number of benzene rings is 2. The van der Waals surface area contributed by atoms with Crippen LogP contribution in [0.3, 0.4) is 0 Å². The molecule has 0 radical (unpaired) electrons. The summed E-state index contributed by atoms with van der Waals surface area (Å²) in [7, 11) is -3.49. The van der Waals surface area contributed by atoms with Crippen LogP contribution in [0.2, 0.25) is 10.0 Å². The first kappa shape index (κ1) is 14.2. The van der Waals surface area contributed by atoms with E-state index in [0.29, 0.717) is 21.3 Å². The van der Waals surface area contributed by atoms with Crippen LogP contribution < -0.4 is 4.72 Å². The fourth-order valence-electron chi connectivity index (χ4n) is 1.62. The van der Waals surface area contributed by atoms with Gasteiger partial charge in [0.1, 0.15) is 0 Å². The van der Waals surface area contributed by atoms with Crippen molar-refractivity contribution in [2.75, 3.05) is 4.72 Å². The van der Waals surface area contributed by atoms with Gasteiger partial charge in [-0.25, -0.2) is 8.42 Å². The molecule has 100 valence electrons. The summed E-state index contributed by atoms with van der Waals surface area (Å²) in [5.74, 6) is -0.0992. The minimum Gasteiger partial charge on any atom is -0.283 e. The lowest BCUT2D eigenvalue weighted by atomic mass is 10.2. The molecular formula is C13H11Cl2NO2S. The summed E-state index contributed by atoms with van der Waals surface area (Å²) in [5, 5.41) is 0.759. The van der Waals surface area contributed by atoms with E-state index in [1.165, 1.54) is 18.2 Å². The van der Waals surface area contributed by atoms with Gasteiger partial charge in [0.05, 0.1) is 11.4 Å².